The SMILES string of the molecule is O=C(NC(NC(=O)OCc1ccccc1)c1ccc(Cl)c(Cl)c1)OCc1ccccc1. The quantitative estimate of drug-likeness (QED) is 0.435. The lowest BCUT2D eigenvalue weighted by Gasteiger charge is -2.21. The summed E-state index contributed by atoms with van der Waals surface area (Å²) in [5, 5.41) is 5.84. The molecule has 2 N–H and O–H groups in total. The van der Waals surface area contributed by atoms with Gasteiger partial charge in [-0.25, -0.2) is 9.59 Å². The van der Waals surface area contributed by atoms with Gasteiger partial charge in [-0.2, -0.15) is 0 Å². The number of benzene rings is 3. The molecule has 31 heavy (non-hydrogen) atoms. The maximum Gasteiger partial charge on any atom is 0.409 e. The van der Waals surface area contributed by atoms with Gasteiger partial charge in [-0.3, -0.25) is 10.6 Å². The minimum atomic E-state index is -0.943. The van der Waals surface area contributed by atoms with E-state index in [1.54, 1.807) is 18.2 Å². The number of hydrogen-bond acceptors (Lipinski definition) is 4. The summed E-state index contributed by atoms with van der Waals surface area (Å²) in [6.07, 6.45) is -2.38. The van der Waals surface area contributed by atoms with Crippen molar-refractivity contribution in [3.63, 3.8) is 0 Å². The molecular weight excluding hydrogens is 439 g/mol. The molecule has 0 aliphatic rings. The summed E-state index contributed by atoms with van der Waals surface area (Å²) in [5.41, 5.74) is 2.17. The lowest BCUT2D eigenvalue weighted by molar-refractivity contribution is 0.122. The van der Waals surface area contributed by atoms with Crippen molar-refractivity contribution < 1.29 is 19.1 Å². The van der Waals surface area contributed by atoms with Crippen molar-refractivity contribution >= 4 is 35.4 Å². The highest BCUT2D eigenvalue weighted by molar-refractivity contribution is 6.42. The third kappa shape index (κ3) is 7.20. The Morgan fingerprint density at radius 3 is 1.65 bits per heavy atom. The van der Waals surface area contributed by atoms with E-state index in [-0.39, 0.29) is 18.2 Å². The van der Waals surface area contributed by atoms with Crippen LogP contribution in [0.2, 0.25) is 10.0 Å². The molecule has 0 spiro atoms. The number of amides is 2. The highest BCUT2D eigenvalue weighted by atomic mass is 35.5. The minimum absolute atomic E-state index is 0.0826. The predicted molar refractivity (Wildman–Crippen MR) is 119 cm³/mol. The standard InChI is InChI=1S/C23H20Cl2N2O4/c24-19-12-11-18(13-20(19)25)21(26-22(28)30-14-16-7-3-1-4-8-16)27-23(29)31-15-17-9-5-2-6-10-17/h1-13,21H,14-15H2,(H,26,28)(H,27,29). The number of rotatable bonds is 7. The summed E-state index contributed by atoms with van der Waals surface area (Å²) in [7, 11) is 0. The Balaban J connectivity index is 1.64. The van der Waals surface area contributed by atoms with Gasteiger partial charge in [0, 0.05) is 0 Å². The third-order valence-electron chi connectivity index (χ3n) is 4.23. The third-order valence-corrected chi connectivity index (χ3v) is 4.97. The number of alkyl carbamates (subject to hydrolysis) is 2. The highest BCUT2D eigenvalue weighted by Gasteiger charge is 2.20. The maximum atomic E-state index is 12.3. The van der Waals surface area contributed by atoms with E-state index >= 15 is 0 Å². The number of halogens is 2. The van der Waals surface area contributed by atoms with E-state index in [2.05, 4.69) is 10.6 Å². The fraction of sp³-hybridized carbons (Fsp3) is 0.130. The zero-order valence-electron chi connectivity index (χ0n) is 16.4. The van der Waals surface area contributed by atoms with Crippen LogP contribution in [0.25, 0.3) is 0 Å². The molecule has 0 heterocycles. The summed E-state index contributed by atoms with van der Waals surface area (Å²) in [6, 6.07) is 23.2. The Hall–Kier alpha value is -3.22. The van der Waals surface area contributed by atoms with Crippen LogP contribution in [0.15, 0.2) is 78.9 Å². The van der Waals surface area contributed by atoms with Crippen molar-refractivity contribution in [3.05, 3.63) is 106 Å². The molecule has 2 amide bonds. The number of carbonyl (C=O) groups excluding carboxylic acids is 2. The lowest BCUT2D eigenvalue weighted by Crippen LogP contribution is -2.41. The van der Waals surface area contributed by atoms with E-state index in [0.717, 1.165) is 11.1 Å². The molecule has 8 heteroatoms. The van der Waals surface area contributed by atoms with Crippen LogP contribution in [0.4, 0.5) is 9.59 Å². The Morgan fingerprint density at radius 1 is 0.710 bits per heavy atom. The summed E-state index contributed by atoms with van der Waals surface area (Å²) in [5.74, 6) is 0. The van der Waals surface area contributed by atoms with E-state index in [9.17, 15) is 9.59 Å². The molecule has 6 nitrogen and oxygen atoms in total. The lowest BCUT2D eigenvalue weighted by atomic mass is 10.1. The van der Waals surface area contributed by atoms with Crippen LogP contribution in [-0.2, 0) is 22.7 Å². The Morgan fingerprint density at radius 2 is 1.19 bits per heavy atom. The first-order valence-corrected chi connectivity index (χ1v) is 10.2. The van der Waals surface area contributed by atoms with Crippen LogP contribution < -0.4 is 10.6 Å². The molecule has 0 radical (unpaired) electrons. The van der Waals surface area contributed by atoms with Crippen LogP contribution in [0.3, 0.4) is 0 Å². The summed E-state index contributed by atoms with van der Waals surface area (Å²) in [6.45, 7) is 0.165. The fourth-order valence-electron chi connectivity index (χ4n) is 2.66. The highest BCUT2D eigenvalue weighted by Crippen LogP contribution is 2.25. The smallest absolute Gasteiger partial charge is 0.409 e. The van der Waals surface area contributed by atoms with E-state index in [4.69, 9.17) is 32.7 Å². The van der Waals surface area contributed by atoms with Crippen LogP contribution in [0, 0.1) is 0 Å². The van der Waals surface area contributed by atoms with Crippen LogP contribution in [-0.4, -0.2) is 12.2 Å². The molecule has 0 saturated heterocycles. The van der Waals surface area contributed by atoms with Gasteiger partial charge < -0.3 is 9.47 Å². The zero-order valence-corrected chi connectivity index (χ0v) is 17.9. The van der Waals surface area contributed by atoms with Gasteiger partial charge in [-0.1, -0.05) is 89.9 Å². The largest absolute Gasteiger partial charge is 0.445 e. The van der Waals surface area contributed by atoms with Crippen LogP contribution >= 0.6 is 23.2 Å². The molecule has 0 bridgehead atoms. The normalized spacial score (nSPS) is 10.4. The molecule has 160 valence electrons. The molecule has 0 unspecified atom stereocenters. The van der Waals surface area contributed by atoms with E-state index in [0.29, 0.717) is 10.6 Å². The first kappa shape index (κ1) is 22.5. The van der Waals surface area contributed by atoms with Gasteiger partial charge in [0.25, 0.3) is 0 Å². The topological polar surface area (TPSA) is 76.7 Å². The molecule has 0 saturated carbocycles. The number of ether oxygens (including phenoxy) is 2. The molecule has 0 aliphatic heterocycles. The van der Waals surface area contributed by atoms with Crippen molar-refractivity contribution in [1.82, 2.24) is 10.6 Å². The molecule has 0 aliphatic carbocycles. The van der Waals surface area contributed by atoms with Gasteiger partial charge >= 0.3 is 12.2 Å². The molecule has 0 fully saturated rings. The van der Waals surface area contributed by atoms with Crippen LogP contribution in [0.5, 0.6) is 0 Å². The fourth-order valence-corrected chi connectivity index (χ4v) is 2.97. The maximum absolute atomic E-state index is 12.3. The Kier molecular flexibility index (Phi) is 8.15. The predicted octanol–water partition coefficient (Wildman–Crippen LogP) is 5.84. The first-order valence-electron chi connectivity index (χ1n) is 9.40. The van der Waals surface area contributed by atoms with Gasteiger partial charge in [0.15, 0.2) is 0 Å². The minimum Gasteiger partial charge on any atom is -0.445 e. The van der Waals surface area contributed by atoms with Crippen molar-refractivity contribution in [1.29, 1.82) is 0 Å². The average molecular weight is 459 g/mol. The van der Waals surface area contributed by atoms with Crippen molar-refractivity contribution in [2.75, 3.05) is 0 Å². The van der Waals surface area contributed by atoms with Gasteiger partial charge in [0.2, 0.25) is 0 Å². The van der Waals surface area contributed by atoms with Crippen LogP contribution in [0.1, 0.15) is 22.9 Å². The molecule has 0 atom stereocenters. The monoisotopic (exact) mass is 458 g/mol. The summed E-state index contributed by atoms with van der Waals surface area (Å²) >= 11 is 12.1. The molecule has 0 aromatic heterocycles. The van der Waals surface area contributed by atoms with Gasteiger partial charge in [0.1, 0.15) is 19.4 Å². The Labute approximate surface area is 190 Å². The molecule has 3 rings (SSSR count). The first-order chi connectivity index (χ1) is 15.0. The summed E-state index contributed by atoms with van der Waals surface area (Å²) in [4.78, 5) is 24.7. The van der Waals surface area contributed by atoms with Gasteiger partial charge in [-0.05, 0) is 28.8 Å². The zero-order chi connectivity index (χ0) is 22.1. The second-order valence-electron chi connectivity index (χ2n) is 6.52. The van der Waals surface area contributed by atoms with E-state index in [1.165, 1.54) is 0 Å². The van der Waals surface area contributed by atoms with Gasteiger partial charge in [-0.15, -0.1) is 0 Å². The van der Waals surface area contributed by atoms with Crippen molar-refractivity contribution in [3.8, 4) is 0 Å². The molecule has 3 aromatic carbocycles. The van der Waals surface area contributed by atoms with Crippen molar-refractivity contribution in [2.45, 2.75) is 19.4 Å². The van der Waals surface area contributed by atoms with Gasteiger partial charge in [0.05, 0.1) is 10.0 Å². The summed E-state index contributed by atoms with van der Waals surface area (Å²) < 4.78 is 10.5. The van der Waals surface area contributed by atoms with E-state index in [1.807, 2.05) is 60.7 Å². The number of hydrogen-bond donors (Lipinski definition) is 2. The second kappa shape index (κ2) is 11.2. The number of carbonyl (C=O) groups is 2. The molecular formula is C23H20Cl2N2O4. The average Bonchev–Trinajstić information content (AvgIpc) is 2.79. The number of nitrogens with one attached hydrogen (secondary N) is 2. The Bertz CT molecular complexity index is 959. The molecule has 3 aromatic rings. The second-order valence-corrected chi connectivity index (χ2v) is 7.33. The van der Waals surface area contributed by atoms with Crippen molar-refractivity contribution in [2.24, 2.45) is 0 Å². The van der Waals surface area contributed by atoms with E-state index < -0.39 is 18.4 Å².